The molecule has 0 aromatic rings. The number of nitrogens with one attached hydrogen (secondary N) is 1. The van der Waals surface area contributed by atoms with E-state index in [2.05, 4.69) is 17.1 Å². The summed E-state index contributed by atoms with van der Waals surface area (Å²) in [5, 5.41) is 3.44. The molecule has 2 fully saturated rings. The van der Waals surface area contributed by atoms with Crippen LogP contribution in [0.1, 0.15) is 13.3 Å². The van der Waals surface area contributed by atoms with Crippen molar-refractivity contribution in [3.8, 4) is 0 Å². The highest BCUT2D eigenvalue weighted by molar-refractivity contribution is 7.91. The molecule has 1 N–H and O–H groups in total. The Kier molecular flexibility index (Phi) is 4.64. The Hall–Kier alpha value is -0.170. The summed E-state index contributed by atoms with van der Waals surface area (Å²) >= 11 is 0. The fraction of sp³-hybridized carbons (Fsp3) is 1.00. The molecule has 2 heterocycles. The van der Waals surface area contributed by atoms with Crippen LogP contribution in [0.25, 0.3) is 0 Å². The van der Waals surface area contributed by atoms with E-state index in [9.17, 15) is 8.42 Å². The zero-order valence-electron chi connectivity index (χ0n) is 11.3. The molecule has 0 bridgehead atoms. The molecule has 2 saturated heterocycles. The van der Waals surface area contributed by atoms with Crippen LogP contribution in [0.4, 0.5) is 0 Å². The Morgan fingerprint density at radius 3 is 2.78 bits per heavy atom. The maximum atomic E-state index is 11.5. The number of likely N-dealkylation sites (N-methyl/N-ethyl adjacent to an activating group) is 1. The highest BCUT2D eigenvalue weighted by atomic mass is 32.2. The third-order valence-electron chi connectivity index (χ3n) is 4.02. The molecular weight excluding hydrogens is 252 g/mol. The van der Waals surface area contributed by atoms with Gasteiger partial charge < -0.3 is 15.0 Å². The van der Waals surface area contributed by atoms with Crippen LogP contribution < -0.4 is 5.32 Å². The molecule has 18 heavy (non-hydrogen) atoms. The minimum absolute atomic E-state index is 0.192. The van der Waals surface area contributed by atoms with Crippen molar-refractivity contribution >= 4 is 9.84 Å². The Morgan fingerprint density at radius 1 is 1.39 bits per heavy atom. The Bertz CT molecular complexity index is 372. The number of nitrogens with zero attached hydrogens (tertiary/aromatic N) is 1. The largest absolute Gasteiger partial charge is 0.379 e. The van der Waals surface area contributed by atoms with E-state index >= 15 is 0 Å². The first-order valence-electron chi connectivity index (χ1n) is 6.73. The lowest BCUT2D eigenvalue weighted by Crippen LogP contribution is -2.43. The van der Waals surface area contributed by atoms with Gasteiger partial charge >= 0.3 is 0 Å². The van der Waals surface area contributed by atoms with Gasteiger partial charge in [0.1, 0.15) is 0 Å². The number of rotatable bonds is 5. The van der Waals surface area contributed by atoms with Crippen LogP contribution in [0.3, 0.4) is 0 Å². The fourth-order valence-electron chi connectivity index (χ4n) is 2.91. The van der Waals surface area contributed by atoms with Gasteiger partial charge in [-0.1, -0.05) is 6.92 Å². The molecule has 0 spiro atoms. The van der Waals surface area contributed by atoms with Gasteiger partial charge in [0, 0.05) is 24.5 Å². The minimum atomic E-state index is -2.79. The van der Waals surface area contributed by atoms with E-state index in [1.807, 2.05) is 7.05 Å². The molecule has 2 aliphatic heterocycles. The molecular formula is C12H24N2O3S. The summed E-state index contributed by atoms with van der Waals surface area (Å²) < 4.78 is 28.5. The van der Waals surface area contributed by atoms with Crippen LogP contribution >= 0.6 is 0 Å². The standard InChI is InChI=1S/C12H24N2O3S/c1-3-13-12-8-17-7-10(12)6-14(2)11-4-5-18(15,16)9-11/h10-13H,3-9H2,1-2H3. The first-order chi connectivity index (χ1) is 8.52. The first kappa shape index (κ1) is 14.2. The second-order valence-corrected chi connectivity index (χ2v) is 7.69. The first-order valence-corrected chi connectivity index (χ1v) is 8.55. The Balaban J connectivity index is 1.85. The maximum Gasteiger partial charge on any atom is 0.151 e. The highest BCUT2D eigenvalue weighted by Gasteiger charge is 2.34. The van der Waals surface area contributed by atoms with Crippen molar-refractivity contribution in [2.45, 2.75) is 25.4 Å². The number of hydrogen-bond donors (Lipinski definition) is 1. The summed E-state index contributed by atoms with van der Waals surface area (Å²) in [5.74, 6) is 1.14. The second kappa shape index (κ2) is 5.86. The van der Waals surface area contributed by atoms with Crippen molar-refractivity contribution in [3.05, 3.63) is 0 Å². The Morgan fingerprint density at radius 2 is 2.17 bits per heavy atom. The summed E-state index contributed by atoms with van der Waals surface area (Å²) in [7, 11) is -0.752. The molecule has 2 rings (SSSR count). The van der Waals surface area contributed by atoms with Crippen LogP contribution in [0.2, 0.25) is 0 Å². The molecule has 2 aliphatic rings. The molecule has 0 aliphatic carbocycles. The van der Waals surface area contributed by atoms with Gasteiger partial charge in [0.05, 0.1) is 24.7 Å². The van der Waals surface area contributed by atoms with E-state index in [1.54, 1.807) is 0 Å². The molecule has 0 saturated carbocycles. The lowest BCUT2D eigenvalue weighted by Gasteiger charge is -2.28. The zero-order valence-corrected chi connectivity index (χ0v) is 12.1. The smallest absolute Gasteiger partial charge is 0.151 e. The van der Waals surface area contributed by atoms with Crippen molar-refractivity contribution in [3.63, 3.8) is 0 Å². The average Bonchev–Trinajstić information content (AvgIpc) is 2.86. The van der Waals surface area contributed by atoms with E-state index in [0.717, 1.165) is 32.7 Å². The van der Waals surface area contributed by atoms with E-state index in [1.165, 1.54) is 0 Å². The molecule has 3 unspecified atom stereocenters. The zero-order chi connectivity index (χ0) is 13.2. The third-order valence-corrected chi connectivity index (χ3v) is 5.77. The van der Waals surface area contributed by atoms with Gasteiger partial charge in [-0.05, 0) is 20.0 Å². The summed E-state index contributed by atoms with van der Waals surface area (Å²) in [5.41, 5.74) is 0. The van der Waals surface area contributed by atoms with Gasteiger partial charge in [0.2, 0.25) is 0 Å². The summed E-state index contributed by atoms with van der Waals surface area (Å²) in [6, 6.07) is 0.605. The normalized spacial score (nSPS) is 35.4. The van der Waals surface area contributed by atoms with E-state index in [0.29, 0.717) is 23.5 Å². The summed E-state index contributed by atoms with van der Waals surface area (Å²) in [4.78, 5) is 2.20. The van der Waals surface area contributed by atoms with Gasteiger partial charge in [0.25, 0.3) is 0 Å². The molecule has 0 aromatic heterocycles. The average molecular weight is 276 g/mol. The molecule has 0 radical (unpaired) electrons. The molecule has 0 amide bonds. The van der Waals surface area contributed by atoms with Gasteiger partial charge in [0.15, 0.2) is 9.84 Å². The van der Waals surface area contributed by atoms with Gasteiger partial charge in [-0.2, -0.15) is 0 Å². The van der Waals surface area contributed by atoms with Crippen molar-refractivity contribution < 1.29 is 13.2 Å². The molecule has 6 heteroatoms. The highest BCUT2D eigenvalue weighted by Crippen LogP contribution is 2.20. The van der Waals surface area contributed by atoms with Crippen LogP contribution in [-0.2, 0) is 14.6 Å². The topological polar surface area (TPSA) is 58.6 Å². The molecule has 5 nitrogen and oxygen atoms in total. The lowest BCUT2D eigenvalue weighted by molar-refractivity contribution is 0.164. The van der Waals surface area contributed by atoms with Crippen LogP contribution in [0.15, 0.2) is 0 Å². The van der Waals surface area contributed by atoms with Crippen LogP contribution in [0, 0.1) is 5.92 Å². The summed E-state index contributed by atoms with van der Waals surface area (Å²) in [6.07, 6.45) is 0.776. The number of sulfone groups is 1. The van der Waals surface area contributed by atoms with Crippen molar-refractivity contribution in [2.75, 3.05) is 44.9 Å². The Labute approximate surface area is 110 Å². The van der Waals surface area contributed by atoms with E-state index < -0.39 is 9.84 Å². The third kappa shape index (κ3) is 3.44. The molecule has 3 atom stereocenters. The lowest BCUT2D eigenvalue weighted by atomic mass is 10.0. The van der Waals surface area contributed by atoms with Gasteiger partial charge in [-0.15, -0.1) is 0 Å². The summed E-state index contributed by atoms with van der Waals surface area (Å²) in [6.45, 7) is 5.52. The van der Waals surface area contributed by atoms with Crippen molar-refractivity contribution in [2.24, 2.45) is 5.92 Å². The number of ether oxygens (including phenoxy) is 1. The maximum absolute atomic E-state index is 11.5. The molecule has 0 aromatic carbocycles. The second-order valence-electron chi connectivity index (χ2n) is 5.46. The van der Waals surface area contributed by atoms with Gasteiger partial charge in [-0.25, -0.2) is 8.42 Å². The predicted molar refractivity (Wildman–Crippen MR) is 71.5 cm³/mol. The quantitative estimate of drug-likeness (QED) is 0.749. The minimum Gasteiger partial charge on any atom is -0.379 e. The SMILES string of the molecule is CCNC1COCC1CN(C)C1CCS(=O)(=O)C1. The fourth-order valence-corrected chi connectivity index (χ4v) is 4.71. The number of hydrogen-bond acceptors (Lipinski definition) is 5. The van der Waals surface area contributed by atoms with Crippen LogP contribution in [-0.4, -0.2) is 70.3 Å². The van der Waals surface area contributed by atoms with Crippen molar-refractivity contribution in [1.29, 1.82) is 0 Å². The van der Waals surface area contributed by atoms with Crippen LogP contribution in [0.5, 0.6) is 0 Å². The molecule has 106 valence electrons. The monoisotopic (exact) mass is 276 g/mol. The van der Waals surface area contributed by atoms with E-state index in [4.69, 9.17) is 4.74 Å². The van der Waals surface area contributed by atoms with Crippen molar-refractivity contribution in [1.82, 2.24) is 10.2 Å². The van der Waals surface area contributed by atoms with E-state index in [-0.39, 0.29) is 6.04 Å². The van der Waals surface area contributed by atoms with Gasteiger partial charge in [-0.3, -0.25) is 0 Å². The predicted octanol–water partition coefficient (Wildman–Crippen LogP) is -0.270.